The van der Waals surface area contributed by atoms with Gasteiger partial charge in [0.25, 0.3) is 5.91 Å². The molecule has 0 unspecified atom stereocenters. The Bertz CT molecular complexity index is 901. The van der Waals surface area contributed by atoms with E-state index in [1.165, 1.54) is 16.4 Å². The molecule has 0 spiro atoms. The van der Waals surface area contributed by atoms with Gasteiger partial charge in [0.05, 0.1) is 10.9 Å². The van der Waals surface area contributed by atoms with Crippen LogP contribution in [-0.2, 0) is 10.0 Å². The molecule has 27 heavy (non-hydrogen) atoms. The predicted octanol–water partition coefficient (Wildman–Crippen LogP) is 3.66. The van der Waals surface area contributed by atoms with Crippen molar-refractivity contribution in [1.29, 1.82) is 0 Å². The minimum Gasteiger partial charge on any atom is -0.345 e. The van der Waals surface area contributed by atoms with Crippen LogP contribution >= 0.6 is 0 Å². The summed E-state index contributed by atoms with van der Waals surface area (Å²) in [5.74, 6) is -0.199. The highest BCUT2D eigenvalue weighted by molar-refractivity contribution is 7.89. The van der Waals surface area contributed by atoms with Gasteiger partial charge in [-0.3, -0.25) is 4.79 Å². The molecule has 2 aromatic carbocycles. The Balaban J connectivity index is 1.75. The summed E-state index contributed by atoms with van der Waals surface area (Å²) in [6.45, 7) is 5.20. The average Bonchev–Trinajstić information content (AvgIpc) is 3.22. The molecule has 1 saturated heterocycles. The summed E-state index contributed by atoms with van der Waals surface area (Å²) >= 11 is 0. The van der Waals surface area contributed by atoms with Crippen molar-refractivity contribution in [2.45, 2.75) is 44.0 Å². The first-order chi connectivity index (χ1) is 12.9. The van der Waals surface area contributed by atoms with Crippen molar-refractivity contribution in [2.24, 2.45) is 0 Å². The van der Waals surface area contributed by atoms with Gasteiger partial charge in [0.1, 0.15) is 0 Å². The molecule has 1 N–H and O–H groups in total. The third-order valence-electron chi connectivity index (χ3n) is 5.10. The molecule has 1 heterocycles. The number of carbonyl (C=O) groups excluding carboxylic acids is 1. The molecule has 1 fully saturated rings. The molecular formula is C21H26N2O3S. The number of sulfonamides is 1. The van der Waals surface area contributed by atoms with E-state index in [9.17, 15) is 13.2 Å². The monoisotopic (exact) mass is 386 g/mol. The minimum absolute atomic E-state index is 0.0771. The van der Waals surface area contributed by atoms with Gasteiger partial charge in [0, 0.05) is 18.7 Å². The van der Waals surface area contributed by atoms with Crippen LogP contribution in [0.25, 0.3) is 0 Å². The van der Waals surface area contributed by atoms with Crippen LogP contribution in [-0.4, -0.2) is 31.7 Å². The lowest BCUT2D eigenvalue weighted by atomic mass is 9.99. The van der Waals surface area contributed by atoms with Crippen LogP contribution in [0.2, 0.25) is 0 Å². The zero-order valence-electron chi connectivity index (χ0n) is 15.8. The normalized spacial score (nSPS) is 16.2. The number of nitrogens with one attached hydrogen (secondary N) is 1. The Labute approximate surface area is 161 Å². The Hall–Kier alpha value is -2.18. The maximum Gasteiger partial charge on any atom is 0.251 e. The highest BCUT2D eigenvalue weighted by Crippen LogP contribution is 2.23. The molecule has 3 rings (SSSR count). The van der Waals surface area contributed by atoms with Gasteiger partial charge in [-0.15, -0.1) is 0 Å². The maximum absolute atomic E-state index is 12.6. The quantitative estimate of drug-likeness (QED) is 0.824. The number of amides is 1. The fourth-order valence-corrected chi connectivity index (χ4v) is 4.99. The molecule has 0 saturated carbocycles. The number of hydrogen-bond donors (Lipinski definition) is 1. The van der Waals surface area contributed by atoms with Crippen LogP contribution in [0.3, 0.4) is 0 Å². The highest BCUT2D eigenvalue weighted by Gasteiger charge is 2.27. The molecule has 0 bridgehead atoms. The Kier molecular flexibility index (Phi) is 5.97. The van der Waals surface area contributed by atoms with Gasteiger partial charge in [-0.05, 0) is 61.6 Å². The number of carbonyl (C=O) groups is 1. The summed E-state index contributed by atoms with van der Waals surface area (Å²) in [4.78, 5) is 12.9. The maximum atomic E-state index is 12.6. The van der Waals surface area contributed by atoms with Gasteiger partial charge in [0.15, 0.2) is 0 Å². The van der Waals surface area contributed by atoms with E-state index in [2.05, 4.69) is 5.32 Å². The first-order valence-corrected chi connectivity index (χ1v) is 10.8. The largest absolute Gasteiger partial charge is 0.345 e. The van der Waals surface area contributed by atoms with Gasteiger partial charge in [-0.1, -0.05) is 31.2 Å². The second-order valence-corrected chi connectivity index (χ2v) is 8.86. The SMILES string of the molecule is CC[C@H](NC(=O)c1ccc(S(=O)(=O)N2CCCC2)cc1)c1ccccc1C. The molecule has 0 radical (unpaired) electrons. The van der Waals surface area contributed by atoms with E-state index in [0.717, 1.165) is 30.4 Å². The van der Waals surface area contributed by atoms with Gasteiger partial charge in [0.2, 0.25) is 10.0 Å². The molecule has 0 aliphatic carbocycles. The van der Waals surface area contributed by atoms with E-state index in [1.807, 2.05) is 38.1 Å². The molecule has 6 heteroatoms. The predicted molar refractivity (Wildman–Crippen MR) is 106 cm³/mol. The number of nitrogens with zero attached hydrogens (tertiary/aromatic N) is 1. The van der Waals surface area contributed by atoms with Crippen molar-refractivity contribution in [1.82, 2.24) is 9.62 Å². The van der Waals surface area contributed by atoms with Gasteiger partial charge < -0.3 is 5.32 Å². The van der Waals surface area contributed by atoms with Crippen molar-refractivity contribution in [3.05, 3.63) is 65.2 Å². The van der Waals surface area contributed by atoms with Crippen molar-refractivity contribution < 1.29 is 13.2 Å². The second kappa shape index (κ2) is 8.23. The first kappa shape index (κ1) is 19.6. The van der Waals surface area contributed by atoms with Crippen molar-refractivity contribution in [2.75, 3.05) is 13.1 Å². The second-order valence-electron chi connectivity index (χ2n) is 6.93. The van der Waals surface area contributed by atoms with E-state index in [-0.39, 0.29) is 16.8 Å². The Morgan fingerprint density at radius 2 is 1.70 bits per heavy atom. The van der Waals surface area contributed by atoms with E-state index < -0.39 is 10.0 Å². The van der Waals surface area contributed by atoms with E-state index in [0.29, 0.717) is 18.7 Å². The number of rotatable bonds is 6. The first-order valence-electron chi connectivity index (χ1n) is 9.40. The molecule has 5 nitrogen and oxygen atoms in total. The molecule has 1 aliphatic heterocycles. The van der Waals surface area contributed by atoms with Gasteiger partial charge >= 0.3 is 0 Å². The van der Waals surface area contributed by atoms with Crippen LogP contribution in [0.5, 0.6) is 0 Å². The highest BCUT2D eigenvalue weighted by atomic mass is 32.2. The fraction of sp³-hybridized carbons (Fsp3) is 0.381. The van der Waals surface area contributed by atoms with Crippen molar-refractivity contribution in [3.8, 4) is 0 Å². The summed E-state index contributed by atoms with van der Waals surface area (Å²) in [6, 6.07) is 14.1. The molecular weight excluding hydrogens is 360 g/mol. The molecule has 0 aromatic heterocycles. The van der Waals surface area contributed by atoms with Crippen LogP contribution in [0, 0.1) is 6.92 Å². The molecule has 1 amide bonds. The standard InChI is InChI=1S/C21H26N2O3S/c1-3-20(19-9-5-4-8-16(19)2)22-21(24)17-10-12-18(13-11-17)27(25,26)23-14-6-7-15-23/h4-5,8-13,20H,3,6-7,14-15H2,1-2H3,(H,22,24)/t20-/m0/s1. The lowest BCUT2D eigenvalue weighted by Gasteiger charge is -2.20. The van der Waals surface area contributed by atoms with Crippen LogP contribution < -0.4 is 5.32 Å². The molecule has 2 aromatic rings. The summed E-state index contributed by atoms with van der Waals surface area (Å²) in [7, 11) is -3.46. The number of hydrogen-bond acceptors (Lipinski definition) is 3. The summed E-state index contributed by atoms with van der Waals surface area (Å²) < 4.78 is 26.7. The zero-order valence-corrected chi connectivity index (χ0v) is 16.6. The topological polar surface area (TPSA) is 66.5 Å². The summed E-state index contributed by atoms with van der Waals surface area (Å²) in [5.41, 5.74) is 2.70. The van der Waals surface area contributed by atoms with Crippen molar-refractivity contribution in [3.63, 3.8) is 0 Å². The van der Waals surface area contributed by atoms with E-state index >= 15 is 0 Å². The zero-order chi connectivity index (χ0) is 19.4. The Morgan fingerprint density at radius 1 is 1.07 bits per heavy atom. The third kappa shape index (κ3) is 4.22. The van der Waals surface area contributed by atoms with Crippen LogP contribution in [0.1, 0.15) is 53.7 Å². The lowest BCUT2D eigenvalue weighted by Crippen LogP contribution is -2.29. The number of aryl methyl sites for hydroxylation is 1. The number of benzene rings is 2. The lowest BCUT2D eigenvalue weighted by molar-refractivity contribution is 0.0935. The smallest absolute Gasteiger partial charge is 0.251 e. The van der Waals surface area contributed by atoms with Gasteiger partial charge in [-0.2, -0.15) is 4.31 Å². The fourth-order valence-electron chi connectivity index (χ4n) is 3.47. The molecule has 1 atom stereocenters. The van der Waals surface area contributed by atoms with Crippen LogP contribution in [0.4, 0.5) is 0 Å². The minimum atomic E-state index is -3.46. The molecule has 1 aliphatic rings. The van der Waals surface area contributed by atoms with Crippen LogP contribution in [0.15, 0.2) is 53.4 Å². The third-order valence-corrected chi connectivity index (χ3v) is 7.01. The van der Waals surface area contributed by atoms with E-state index in [4.69, 9.17) is 0 Å². The van der Waals surface area contributed by atoms with Crippen molar-refractivity contribution >= 4 is 15.9 Å². The van der Waals surface area contributed by atoms with E-state index in [1.54, 1.807) is 12.1 Å². The Morgan fingerprint density at radius 3 is 2.30 bits per heavy atom. The molecule has 144 valence electrons. The average molecular weight is 387 g/mol. The summed E-state index contributed by atoms with van der Waals surface area (Å²) in [6.07, 6.45) is 2.58. The van der Waals surface area contributed by atoms with Gasteiger partial charge in [-0.25, -0.2) is 8.42 Å². The summed E-state index contributed by atoms with van der Waals surface area (Å²) in [5, 5.41) is 3.05.